The highest BCUT2D eigenvalue weighted by molar-refractivity contribution is 7.98. The maximum absolute atomic E-state index is 5.54. The smallest absolute Gasteiger partial charge is 0.137 e. The Morgan fingerprint density at radius 1 is 1.30 bits per heavy atom. The Balaban J connectivity index is 2.39. The Bertz CT molecular complexity index is 560. The summed E-state index contributed by atoms with van der Waals surface area (Å²) in [5, 5.41) is 3.37. The van der Waals surface area contributed by atoms with Crippen LogP contribution < -0.4 is 10.1 Å². The summed E-state index contributed by atoms with van der Waals surface area (Å²) in [6.45, 7) is 2.63. The molecular formula is C16H20N2OS. The zero-order valence-corrected chi connectivity index (χ0v) is 12.9. The first-order valence-electron chi connectivity index (χ1n) is 6.68. The van der Waals surface area contributed by atoms with E-state index in [4.69, 9.17) is 4.74 Å². The molecule has 20 heavy (non-hydrogen) atoms. The van der Waals surface area contributed by atoms with E-state index in [1.807, 2.05) is 20.2 Å². The van der Waals surface area contributed by atoms with Gasteiger partial charge in [-0.2, -0.15) is 0 Å². The monoisotopic (exact) mass is 288 g/mol. The van der Waals surface area contributed by atoms with Crippen LogP contribution in [0.15, 0.2) is 47.6 Å². The fourth-order valence-electron chi connectivity index (χ4n) is 2.25. The molecule has 3 nitrogen and oxygen atoms in total. The van der Waals surface area contributed by atoms with Crippen LogP contribution in [-0.4, -0.2) is 24.9 Å². The molecule has 0 fully saturated rings. The average molecular weight is 288 g/mol. The van der Waals surface area contributed by atoms with E-state index in [1.165, 1.54) is 10.5 Å². The fraction of sp³-hybridized carbons (Fsp3) is 0.312. The van der Waals surface area contributed by atoms with Crippen molar-refractivity contribution in [3.8, 4) is 5.75 Å². The minimum absolute atomic E-state index is 0.117. The molecule has 0 bridgehead atoms. The highest BCUT2D eigenvalue weighted by Gasteiger charge is 2.16. The van der Waals surface area contributed by atoms with Crippen LogP contribution >= 0.6 is 11.8 Å². The summed E-state index contributed by atoms with van der Waals surface area (Å²) in [5.74, 6) is 0.812. The molecule has 0 aliphatic rings. The third-order valence-electron chi connectivity index (χ3n) is 3.12. The molecule has 0 aliphatic carbocycles. The highest BCUT2D eigenvalue weighted by Crippen LogP contribution is 2.30. The van der Waals surface area contributed by atoms with Gasteiger partial charge in [0.15, 0.2) is 0 Å². The molecule has 0 aliphatic heterocycles. The molecule has 2 aromatic rings. The average Bonchev–Trinajstić information content (AvgIpc) is 2.49. The molecule has 0 amide bonds. The van der Waals surface area contributed by atoms with Crippen molar-refractivity contribution in [3.05, 3.63) is 53.9 Å². The van der Waals surface area contributed by atoms with Gasteiger partial charge in [-0.05, 0) is 43.5 Å². The van der Waals surface area contributed by atoms with Gasteiger partial charge in [0.2, 0.25) is 0 Å². The van der Waals surface area contributed by atoms with Crippen LogP contribution in [0.25, 0.3) is 0 Å². The van der Waals surface area contributed by atoms with Crippen molar-refractivity contribution in [1.29, 1.82) is 0 Å². The van der Waals surface area contributed by atoms with E-state index in [0.717, 1.165) is 11.3 Å². The number of hydrogen-bond donors (Lipinski definition) is 1. The standard InChI is InChI=1S/C16H20N2OS/c1-4-19-13-9-12(10-18-11-13)16(17-2)14-7-5-6-8-15(14)20-3/h5-11,16-17H,4H2,1-3H3. The molecule has 106 valence electrons. The number of nitrogens with zero attached hydrogens (tertiary/aromatic N) is 1. The zero-order chi connectivity index (χ0) is 14.4. The van der Waals surface area contributed by atoms with Crippen LogP contribution in [0.3, 0.4) is 0 Å². The molecule has 4 heteroatoms. The minimum Gasteiger partial charge on any atom is -0.492 e. The van der Waals surface area contributed by atoms with Crippen LogP contribution in [-0.2, 0) is 0 Å². The second kappa shape index (κ2) is 7.31. The van der Waals surface area contributed by atoms with Gasteiger partial charge < -0.3 is 10.1 Å². The van der Waals surface area contributed by atoms with Crippen molar-refractivity contribution in [2.45, 2.75) is 17.9 Å². The quantitative estimate of drug-likeness (QED) is 0.825. The fourth-order valence-corrected chi connectivity index (χ4v) is 2.88. The molecule has 1 N–H and O–H groups in total. The van der Waals surface area contributed by atoms with Gasteiger partial charge in [-0.25, -0.2) is 0 Å². The number of hydrogen-bond acceptors (Lipinski definition) is 4. The summed E-state index contributed by atoms with van der Waals surface area (Å²) in [7, 11) is 1.97. The Morgan fingerprint density at radius 2 is 2.10 bits per heavy atom. The van der Waals surface area contributed by atoms with E-state index in [9.17, 15) is 0 Å². The summed E-state index contributed by atoms with van der Waals surface area (Å²) < 4.78 is 5.54. The van der Waals surface area contributed by atoms with E-state index in [-0.39, 0.29) is 6.04 Å². The van der Waals surface area contributed by atoms with Gasteiger partial charge in [-0.15, -0.1) is 11.8 Å². The van der Waals surface area contributed by atoms with Gasteiger partial charge in [-0.3, -0.25) is 4.98 Å². The van der Waals surface area contributed by atoms with E-state index < -0.39 is 0 Å². The number of aromatic nitrogens is 1. The second-order valence-corrected chi connectivity index (χ2v) is 5.20. The van der Waals surface area contributed by atoms with E-state index in [2.05, 4.69) is 46.9 Å². The first-order valence-corrected chi connectivity index (χ1v) is 7.90. The Hall–Kier alpha value is -1.52. The highest BCUT2D eigenvalue weighted by atomic mass is 32.2. The van der Waals surface area contributed by atoms with Gasteiger partial charge >= 0.3 is 0 Å². The van der Waals surface area contributed by atoms with Crippen molar-refractivity contribution in [2.24, 2.45) is 0 Å². The Labute approximate surface area is 124 Å². The van der Waals surface area contributed by atoms with Crippen LogP contribution in [0.5, 0.6) is 5.75 Å². The molecule has 0 spiro atoms. The first kappa shape index (κ1) is 14.9. The van der Waals surface area contributed by atoms with E-state index >= 15 is 0 Å². The van der Waals surface area contributed by atoms with Gasteiger partial charge in [0, 0.05) is 11.1 Å². The predicted octanol–water partition coefficient (Wildman–Crippen LogP) is 3.51. The molecule has 1 aromatic carbocycles. The minimum atomic E-state index is 0.117. The normalized spacial score (nSPS) is 12.2. The van der Waals surface area contributed by atoms with Gasteiger partial charge in [0.1, 0.15) is 5.75 Å². The summed E-state index contributed by atoms with van der Waals surface area (Å²) in [6.07, 6.45) is 5.74. The Kier molecular flexibility index (Phi) is 5.44. The Morgan fingerprint density at radius 3 is 2.80 bits per heavy atom. The lowest BCUT2D eigenvalue weighted by Gasteiger charge is -2.20. The number of rotatable bonds is 6. The zero-order valence-electron chi connectivity index (χ0n) is 12.1. The molecule has 1 aromatic heterocycles. The van der Waals surface area contributed by atoms with Crippen molar-refractivity contribution < 1.29 is 4.74 Å². The SMILES string of the molecule is CCOc1cncc(C(NC)c2ccccc2SC)c1. The number of thioether (sulfide) groups is 1. The first-order chi connectivity index (χ1) is 9.80. The van der Waals surface area contributed by atoms with Crippen molar-refractivity contribution in [1.82, 2.24) is 10.3 Å². The van der Waals surface area contributed by atoms with Gasteiger partial charge in [0.05, 0.1) is 18.8 Å². The summed E-state index contributed by atoms with van der Waals surface area (Å²) in [4.78, 5) is 5.55. The van der Waals surface area contributed by atoms with Crippen molar-refractivity contribution >= 4 is 11.8 Å². The lowest BCUT2D eigenvalue weighted by atomic mass is 10.0. The second-order valence-electron chi connectivity index (χ2n) is 4.35. The van der Waals surface area contributed by atoms with Crippen LogP contribution in [0.2, 0.25) is 0 Å². The predicted molar refractivity (Wildman–Crippen MR) is 84.5 cm³/mol. The molecule has 0 saturated carbocycles. The lowest BCUT2D eigenvalue weighted by Crippen LogP contribution is -2.18. The molecule has 1 unspecified atom stereocenters. The van der Waals surface area contributed by atoms with E-state index in [1.54, 1.807) is 18.0 Å². The maximum atomic E-state index is 5.54. The van der Waals surface area contributed by atoms with Crippen molar-refractivity contribution in [2.75, 3.05) is 19.9 Å². The largest absolute Gasteiger partial charge is 0.492 e. The molecular weight excluding hydrogens is 268 g/mol. The number of nitrogens with one attached hydrogen (secondary N) is 1. The van der Waals surface area contributed by atoms with Crippen LogP contribution in [0.4, 0.5) is 0 Å². The van der Waals surface area contributed by atoms with Crippen LogP contribution in [0.1, 0.15) is 24.1 Å². The molecule has 1 atom stereocenters. The molecule has 0 saturated heterocycles. The lowest BCUT2D eigenvalue weighted by molar-refractivity contribution is 0.338. The van der Waals surface area contributed by atoms with E-state index in [0.29, 0.717) is 6.61 Å². The molecule has 0 radical (unpaired) electrons. The number of ether oxygens (including phenoxy) is 1. The summed E-state index contributed by atoms with van der Waals surface area (Å²) >= 11 is 1.76. The summed E-state index contributed by atoms with van der Waals surface area (Å²) in [6, 6.07) is 10.6. The number of benzene rings is 1. The molecule has 2 rings (SSSR count). The third-order valence-corrected chi connectivity index (χ3v) is 3.93. The topological polar surface area (TPSA) is 34.1 Å². The number of pyridine rings is 1. The van der Waals surface area contributed by atoms with Gasteiger partial charge in [-0.1, -0.05) is 18.2 Å². The summed E-state index contributed by atoms with van der Waals surface area (Å²) in [5.41, 5.74) is 2.37. The van der Waals surface area contributed by atoms with Crippen molar-refractivity contribution in [3.63, 3.8) is 0 Å². The van der Waals surface area contributed by atoms with Crippen LogP contribution in [0, 0.1) is 0 Å². The third kappa shape index (κ3) is 3.32. The van der Waals surface area contributed by atoms with Gasteiger partial charge in [0.25, 0.3) is 0 Å². The maximum Gasteiger partial charge on any atom is 0.137 e. The molecule has 1 heterocycles.